The molecular weight excluding hydrogens is 466 g/mol. The summed E-state index contributed by atoms with van der Waals surface area (Å²) in [7, 11) is 0. The normalized spacial score (nSPS) is 19.7. The first-order valence-electron chi connectivity index (χ1n) is 10.6. The van der Waals surface area contributed by atoms with E-state index in [0.29, 0.717) is 23.6 Å². The van der Waals surface area contributed by atoms with Gasteiger partial charge in [-0.25, -0.2) is 9.18 Å². The number of aryl methyl sites for hydroxylation is 1. The van der Waals surface area contributed by atoms with E-state index < -0.39 is 41.4 Å². The van der Waals surface area contributed by atoms with Gasteiger partial charge < -0.3 is 20.3 Å². The van der Waals surface area contributed by atoms with E-state index in [1.807, 2.05) is 0 Å². The van der Waals surface area contributed by atoms with Crippen molar-refractivity contribution in [2.75, 3.05) is 24.7 Å². The van der Waals surface area contributed by atoms with Crippen molar-refractivity contribution in [2.45, 2.75) is 38.3 Å². The van der Waals surface area contributed by atoms with Crippen molar-refractivity contribution in [3.63, 3.8) is 0 Å². The number of rotatable bonds is 9. The molecule has 12 heteroatoms. The molecule has 0 spiro atoms. The Bertz CT molecular complexity index is 1210. The molecule has 1 aromatic heterocycles. The molecule has 1 aliphatic heterocycles. The Morgan fingerprint density at radius 2 is 2.15 bits per heavy atom. The molecule has 3 atom stereocenters. The number of nitriles is 1. The number of aliphatic hydroxyl groups is 2. The van der Waals surface area contributed by atoms with E-state index in [-0.39, 0.29) is 30.7 Å². The quantitative estimate of drug-likeness (QED) is 0.420. The highest BCUT2D eigenvalue weighted by Crippen LogP contribution is 2.27. The van der Waals surface area contributed by atoms with Gasteiger partial charge >= 0.3 is 5.69 Å². The Morgan fingerprint density at radius 1 is 1.38 bits per heavy atom. The molecule has 0 bridgehead atoms. The number of hydrogen-bond acceptors (Lipinski definition) is 8. The van der Waals surface area contributed by atoms with Crippen molar-refractivity contribution in [3.8, 4) is 6.07 Å². The van der Waals surface area contributed by atoms with Gasteiger partial charge in [0.05, 0.1) is 18.3 Å². The van der Waals surface area contributed by atoms with Crippen LogP contribution in [0.4, 0.5) is 4.39 Å². The zero-order valence-corrected chi connectivity index (χ0v) is 19.3. The summed E-state index contributed by atoms with van der Waals surface area (Å²) in [6.45, 7) is 1.64. The molecule has 182 valence electrons. The van der Waals surface area contributed by atoms with Crippen LogP contribution in [0.1, 0.15) is 34.1 Å². The second-order valence-electron chi connectivity index (χ2n) is 7.75. The van der Waals surface area contributed by atoms with Crippen LogP contribution < -0.4 is 16.6 Å². The molecule has 1 aromatic carbocycles. The van der Waals surface area contributed by atoms with Crippen LogP contribution in [0.3, 0.4) is 0 Å². The first-order chi connectivity index (χ1) is 16.3. The molecule has 1 amide bonds. The summed E-state index contributed by atoms with van der Waals surface area (Å²) in [5.41, 5.74) is -0.668. The summed E-state index contributed by atoms with van der Waals surface area (Å²) >= 11 is 1.42. The fraction of sp³-hybridized carbons (Fsp3) is 0.455. The van der Waals surface area contributed by atoms with Gasteiger partial charge in [-0.1, -0.05) is 0 Å². The SMILES string of the molecule is Cc1cn([C@H]2C[C@H](O)[C@@H](CO)O2)c(=O)n(CCSCCNC(=O)c2ccc([18F])c(C#N)c2)c1=O. The first kappa shape index (κ1) is 25.6. The second-order valence-corrected chi connectivity index (χ2v) is 8.97. The van der Waals surface area contributed by atoms with Gasteiger partial charge in [-0.05, 0) is 25.1 Å². The van der Waals surface area contributed by atoms with Gasteiger partial charge in [0.1, 0.15) is 24.2 Å². The first-order valence-corrected chi connectivity index (χ1v) is 11.7. The third-order valence-corrected chi connectivity index (χ3v) is 6.37. The van der Waals surface area contributed by atoms with Crippen LogP contribution >= 0.6 is 11.8 Å². The maximum atomic E-state index is 13.4. The number of hydrogen-bond donors (Lipinski definition) is 3. The lowest BCUT2D eigenvalue weighted by Crippen LogP contribution is -2.42. The summed E-state index contributed by atoms with van der Waals surface area (Å²) in [4.78, 5) is 37.5. The van der Waals surface area contributed by atoms with Crippen molar-refractivity contribution in [1.29, 1.82) is 5.26 Å². The summed E-state index contributed by atoms with van der Waals surface area (Å²) in [5.74, 6) is -0.196. The molecule has 1 fully saturated rings. The van der Waals surface area contributed by atoms with Crippen molar-refractivity contribution >= 4 is 17.7 Å². The number of carbonyl (C=O) groups excluding carboxylic acids is 1. The topological polar surface area (TPSA) is 147 Å². The average molecular weight is 492 g/mol. The van der Waals surface area contributed by atoms with Crippen LogP contribution in [-0.4, -0.2) is 62.1 Å². The van der Waals surface area contributed by atoms with E-state index in [2.05, 4.69) is 5.32 Å². The standard InChI is InChI=1S/C22H25FN4O6S/c1-13-11-27(19-9-17(29)18(12-28)33-19)22(32)26(21(13)31)5-7-34-6-4-25-20(30)14-2-3-16(23)15(8-14)10-24/h2-3,8,11,17-19,28-29H,4-7,9,12H2,1H3,(H,25,30)/t17-,18+,19+/m0/s1/i23-1. The van der Waals surface area contributed by atoms with Gasteiger partial charge in [0.15, 0.2) is 0 Å². The van der Waals surface area contributed by atoms with Gasteiger partial charge in [-0.2, -0.15) is 17.0 Å². The van der Waals surface area contributed by atoms with E-state index in [1.54, 1.807) is 13.0 Å². The molecule has 3 N–H and O–H groups in total. The third-order valence-electron chi connectivity index (χ3n) is 5.40. The van der Waals surface area contributed by atoms with Crippen molar-refractivity contribution in [2.24, 2.45) is 0 Å². The fourth-order valence-corrected chi connectivity index (χ4v) is 4.32. The molecule has 0 radical (unpaired) electrons. The molecule has 34 heavy (non-hydrogen) atoms. The lowest BCUT2D eigenvalue weighted by Gasteiger charge is -2.17. The molecule has 2 aromatic rings. The van der Waals surface area contributed by atoms with E-state index in [4.69, 9.17) is 10.00 Å². The zero-order chi connectivity index (χ0) is 24.8. The van der Waals surface area contributed by atoms with Gasteiger partial charge in [-0.15, -0.1) is 0 Å². The number of halogens is 1. The lowest BCUT2D eigenvalue weighted by molar-refractivity contribution is -0.0463. The summed E-state index contributed by atoms with van der Waals surface area (Å²) in [5, 5.41) is 30.7. The molecule has 10 nitrogen and oxygen atoms in total. The van der Waals surface area contributed by atoms with Gasteiger partial charge in [0.2, 0.25) is 0 Å². The maximum absolute atomic E-state index is 13.4. The highest BCUT2D eigenvalue weighted by Gasteiger charge is 2.35. The van der Waals surface area contributed by atoms with Crippen LogP contribution in [-0.2, 0) is 11.3 Å². The van der Waals surface area contributed by atoms with Crippen LogP contribution in [0.5, 0.6) is 0 Å². The summed E-state index contributed by atoms with van der Waals surface area (Å²) in [6, 6.07) is 5.23. The molecule has 2 heterocycles. The second kappa shape index (κ2) is 11.4. The number of carbonyl (C=O) groups is 1. The smallest absolute Gasteiger partial charge is 0.333 e. The largest absolute Gasteiger partial charge is 0.394 e. The van der Waals surface area contributed by atoms with Crippen LogP contribution in [0.15, 0.2) is 34.0 Å². The predicted octanol–water partition coefficient (Wildman–Crippen LogP) is 0.133. The number of aromatic nitrogens is 2. The van der Waals surface area contributed by atoms with Crippen molar-refractivity contribution < 1.29 is 24.1 Å². The number of benzene rings is 1. The predicted molar refractivity (Wildman–Crippen MR) is 122 cm³/mol. The Morgan fingerprint density at radius 3 is 2.82 bits per heavy atom. The zero-order valence-electron chi connectivity index (χ0n) is 18.4. The Hall–Kier alpha value is -2.98. The number of ether oxygens (including phenoxy) is 1. The van der Waals surface area contributed by atoms with Crippen molar-refractivity contribution in [1.82, 2.24) is 14.5 Å². The number of nitrogens with one attached hydrogen (secondary N) is 1. The number of aliphatic hydroxyl groups excluding tert-OH is 2. The maximum Gasteiger partial charge on any atom is 0.333 e. The van der Waals surface area contributed by atoms with Gasteiger partial charge in [-0.3, -0.25) is 18.7 Å². The molecule has 1 saturated heterocycles. The fourth-order valence-electron chi connectivity index (χ4n) is 3.56. The average Bonchev–Trinajstić information content (AvgIpc) is 3.20. The molecule has 3 rings (SSSR count). The molecule has 1 aliphatic rings. The minimum Gasteiger partial charge on any atom is -0.394 e. The Balaban J connectivity index is 1.54. The van der Waals surface area contributed by atoms with Crippen molar-refractivity contribution in [3.05, 3.63) is 67.7 Å². The molecule has 0 saturated carbocycles. The van der Waals surface area contributed by atoms with Gasteiger partial charge in [0, 0.05) is 48.3 Å². The molecule has 0 unspecified atom stereocenters. The minimum atomic E-state index is -0.908. The Labute approximate surface area is 198 Å². The summed E-state index contributed by atoms with van der Waals surface area (Å²) < 4.78 is 21.3. The van der Waals surface area contributed by atoms with Crippen LogP contribution in [0, 0.1) is 24.1 Å². The van der Waals surface area contributed by atoms with E-state index in [1.165, 1.54) is 34.7 Å². The highest BCUT2D eigenvalue weighted by atomic mass is 32.2. The Kier molecular flexibility index (Phi) is 8.62. The lowest BCUT2D eigenvalue weighted by atomic mass is 10.1. The van der Waals surface area contributed by atoms with E-state index >= 15 is 0 Å². The number of nitrogens with zero attached hydrogens (tertiary/aromatic N) is 3. The van der Waals surface area contributed by atoms with Gasteiger partial charge in [0.25, 0.3) is 11.5 Å². The number of amides is 1. The van der Waals surface area contributed by atoms with E-state index in [9.17, 15) is 29.0 Å². The summed E-state index contributed by atoms with van der Waals surface area (Å²) in [6.07, 6.45) is -0.949. The number of thioether (sulfide) groups is 1. The van der Waals surface area contributed by atoms with Crippen LogP contribution in [0.2, 0.25) is 0 Å². The molecule has 0 aliphatic carbocycles. The highest BCUT2D eigenvalue weighted by molar-refractivity contribution is 7.99. The molecular formula is C22H25FN4O6S. The third kappa shape index (κ3) is 5.74. The van der Waals surface area contributed by atoms with E-state index in [0.717, 1.165) is 10.6 Å². The van der Waals surface area contributed by atoms with Crippen LogP contribution in [0.25, 0.3) is 0 Å². The minimum absolute atomic E-state index is 0.126. The monoisotopic (exact) mass is 491 g/mol.